The summed E-state index contributed by atoms with van der Waals surface area (Å²) in [7, 11) is 0. The summed E-state index contributed by atoms with van der Waals surface area (Å²) in [6.45, 7) is 0. The third-order valence-electron chi connectivity index (χ3n) is 3.55. The van der Waals surface area contributed by atoms with Crippen molar-refractivity contribution in [2.45, 2.75) is 12.5 Å². The van der Waals surface area contributed by atoms with Crippen molar-refractivity contribution in [3.05, 3.63) is 54.1 Å². The maximum Gasteiger partial charge on any atom is 0.305 e. The van der Waals surface area contributed by atoms with Crippen LogP contribution >= 0.6 is 0 Å². The minimum atomic E-state index is -1.05. The summed E-state index contributed by atoms with van der Waals surface area (Å²) >= 11 is 0. The number of nitrogens with zero attached hydrogens (tertiary/aromatic N) is 2. The number of aromatic hydroxyl groups is 1. The van der Waals surface area contributed by atoms with Crippen LogP contribution < -0.4 is 5.32 Å². The van der Waals surface area contributed by atoms with Gasteiger partial charge in [0.2, 0.25) is 0 Å². The van der Waals surface area contributed by atoms with Crippen molar-refractivity contribution >= 4 is 22.9 Å². The third kappa shape index (κ3) is 3.17. The molecule has 0 aliphatic rings. The largest absolute Gasteiger partial charge is 0.508 e. The number of hydrogen-bond donors (Lipinski definition) is 4. The van der Waals surface area contributed by atoms with Gasteiger partial charge in [-0.25, -0.2) is 9.97 Å². The molecule has 0 bridgehead atoms. The van der Waals surface area contributed by atoms with E-state index in [0.29, 0.717) is 16.6 Å². The standard InChI is InChI=1S/C16H14N4O4/c21-10-3-1-9(2-4-10)12(7-13(22)23)20-16(24)14-11-5-6-17-15(11)19-8-18-14/h1-6,8,12,21H,7H2,(H,20,24)(H,22,23)(H,17,18,19)/t12-/m0/s1. The predicted octanol–water partition coefficient (Wildman–Crippen LogP) is 1.61. The molecule has 24 heavy (non-hydrogen) atoms. The number of carbonyl (C=O) groups is 2. The van der Waals surface area contributed by atoms with Crippen molar-refractivity contribution in [1.82, 2.24) is 20.3 Å². The fraction of sp³-hybridized carbons (Fsp3) is 0.125. The number of rotatable bonds is 5. The Balaban J connectivity index is 1.89. The topological polar surface area (TPSA) is 128 Å². The van der Waals surface area contributed by atoms with Gasteiger partial charge in [0, 0.05) is 6.20 Å². The van der Waals surface area contributed by atoms with E-state index in [2.05, 4.69) is 20.3 Å². The quantitative estimate of drug-likeness (QED) is 0.564. The number of hydrogen-bond acceptors (Lipinski definition) is 5. The van der Waals surface area contributed by atoms with Crippen LogP contribution in [0.4, 0.5) is 0 Å². The molecular weight excluding hydrogens is 312 g/mol. The molecule has 0 fully saturated rings. The van der Waals surface area contributed by atoms with Crippen LogP contribution in [-0.4, -0.2) is 37.0 Å². The number of aromatic nitrogens is 3. The first-order valence-corrected chi connectivity index (χ1v) is 7.14. The molecule has 8 nitrogen and oxygen atoms in total. The van der Waals surface area contributed by atoms with E-state index in [1.165, 1.54) is 18.5 Å². The van der Waals surface area contributed by atoms with Crippen LogP contribution in [0.5, 0.6) is 5.75 Å². The van der Waals surface area contributed by atoms with Gasteiger partial charge in [-0.15, -0.1) is 0 Å². The van der Waals surface area contributed by atoms with Crippen molar-refractivity contribution < 1.29 is 19.8 Å². The Morgan fingerprint density at radius 2 is 1.92 bits per heavy atom. The smallest absolute Gasteiger partial charge is 0.305 e. The molecule has 122 valence electrons. The van der Waals surface area contributed by atoms with E-state index in [9.17, 15) is 14.7 Å². The lowest BCUT2D eigenvalue weighted by atomic mass is 10.0. The molecule has 2 heterocycles. The van der Waals surface area contributed by atoms with E-state index < -0.39 is 17.9 Å². The Bertz CT molecular complexity index is 888. The van der Waals surface area contributed by atoms with Gasteiger partial charge < -0.3 is 20.5 Å². The highest BCUT2D eigenvalue weighted by atomic mass is 16.4. The van der Waals surface area contributed by atoms with E-state index in [0.717, 1.165) is 0 Å². The molecule has 1 amide bonds. The van der Waals surface area contributed by atoms with Crippen molar-refractivity contribution in [2.24, 2.45) is 0 Å². The van der Waals surface area contributed by atoms with E-state index in [1.807, 2.05) is 0 Å². The van der Waals surface area contributed by atoms with Crippen LogP contribution in [0.25, 0.3) is 11.0 Å². The summed E-state index contributed by atoms with van der Waals surface area (Å²) < 4.78 is 0. The number of benzene rings is 1. The SMILES string of the molecule is O=C(O)C[C@H](NC(=O)c1ncnc2[nH]ccc12)c1ccc(O)cc1. The molecular formula is C16H14N4O4. The lowest BCUT2D eigenvalue weighted by Gasteiger charge is -2.17. The molecule has 0 saturated heterocycles. The minimum Gasteiger partial charge on any atom is -0.508 e. The van der Waals surface area contributed by atoms with E-state index in [-0.39, 0.29) is 17.9 Å². The monoisotopic (exact) mass is 326 g/mol. The molecule has 2 aromatic heterocycles. The van der Waals surface area contributed by atoms with Crippen LogP contribution in [0.1, 0.15) is 28.5 Å². The highest BCUT2D eigenvalue weighted by molar-refractivity contribution is 6.03. The number of H-pyrrole nitrogens is 1. The van der Waals surface area contributed by atoms with Gasteiger partial charge in [0.15, 0.2) is 0 Å². The normalized spacial score (nSPS) is 12.0. The molecule has 0 spiro atoms. The first-order valence-electron chi connectivity index (χ1n) is 7.14. The molecule has 4 N–H and O–H groups in total. The maximum absolute atomic E-state index is 12.5. The lowest BCUT2D eigenvalue weighted by molar-refractivity contribution is -0.137. The van der Waals surface area contributed by atoms with Gasteiger partial charge in [0.25, 0.3) is 5.91 Å². The van der Waals surface area contributed by atoms with E-state index >= 15 is 0 Å². The Kier molecular flexibility index (Phi) is 4.11. The molecule has 1 atom stereocenters. The lowest BCUT2D eigenvalue weighted by Crippen LogP contribution is -2.31. The fourth-order valence-corrected chi connectivity index (χ4v) is 2.41. The number of aliphatic carboxylic acids is 1. The Labute approximate surface area is 136 Å². The Morgan fingerprint density at radius 1 is 1.17 bits per heavy atom. The first-order chi connectivity index (χ1) is 11.5. The molecule has 1 aromatic carbocycles. The number of carboxylic acids is 1. The number of phenols is 1. The van der Waals surface area contributed by atoms with Gasteiger partial charge in [-0.2, -0.15) is 0 Å². The summed E-state index contributed by atoms with van der Waals surface area (Å²) in [5.74, 6) is -1.49. The fourth-order valence-electron chi connectivity index (χ4n) is 2.41. The van der Waals surface area contributed by atoms with Crippen molar-refractivity contribution in [3.63, 3.8) is 0 Å². The Hall–Kier alpha value is -3.42. The predicted molar refractivity (Wildman–Crippen MR) is 84.5 cm³/mol. The zero-order valence-electron chi connectivity index (χ0n) is 12.4. The van der Waals surface area contributed by atoms with E-state index in [1.54, 1.807) is 24.4 Å². The van der Waals surface area contributed by atoms with Gasteiger partial charge in [0.1, 0.15) is 23.4 Å². The second-order valence-corrected chi connectivity index (χ2v) is 5.18. The molecule has 8 heteroatoms. The molecule has 0 unspecified atom stereocenters. The second-order valence-electron chi connectivity index (χ2n) is 5.18. The van der Waals surface area contributed by atoms with Gasteiger partial charge in [-0.05, 0) is 23.8 Å². The number of nitrogens with one attached hydrogen (secondary N) is 2. The summed E-state index contributed by atoms with van der Waals surface area (Å²) in [5, 5.41) is 21.7. The van der Waals surface area contributed by atoms with Crippen molar-refractivity contribution in [3.8, 4) is 5.75 Å². The number of phenolic OH excluding ortho intramolecular Hbond substituents is 1. The minimum absolute atomic E-state index is 0.0592. The van der Waals surface area contributed by atoms with Crippen molar-refractivity contribution in [2.75, 3.05) is 0 Å². The van der Waals surface area contributed by atoms with Gasteiger partial charge in [-0.3, -0.25) is 9.59 Å². The number of amides is 1. The van der Waals surface area contributed by atoms with Crippen molar-refractivity contribution in [1.29, 1.82) is 0 Å². The zero-order valence-corrected chi connectivity index (χ0v) is 12.4. The average Bonchev–Trinajstić information content (AvgIpc) is 3.03. The second kappa shape index (κ2) is 6.37. The molecule has 3 aromatic rings. The summed E-state index contributed by atoms with van der Waals surface area (Å²) in [4.78, 5) is 34.5. The van der Waals surface area contributed by atoms with Crippen LogP contribution in [0.15, 0.2) is 42.9 Å². The molecule has 0 aliphatic carbocycles. The third-order valence-corrected chi connectivity index (χ3v) is 3.55. The van der Waals surface area contributed by atoms with Crippen LogP contribution in [0, 0.1) is 0 Å². The highest BCUT2D eigenvalue weighted by Gasteiger charge is 2.21. The average molecular weight is 326 g/mol. The van der Waals surface area contributed by atoms with Crippen LogP contribution in [0.2, 0.25) is 0 Å². The molecule has 0 radical (unpaired) electrons. The van der Waals surface area contributed by atoms with Gasteiger partial charge >= 0.3 is 5.97 Å². The van der Waals surface area contributed by atoms with Gasteiger partial charge in [0.05, 0.1) is 17.8 Å². The number of carboxylic acid groups (broad SMARTS) is 1. The number of fused-ring (bicyclic) bond motifs is 1. The molecule has 3 rings (SSSR count). The first kappa shape index (κ1) is 15.5. The van der Waals surface area contributed by atoms with Gasteiger partial charge in [-0.1, -0.05) is 12.1 Å². The maximum atomic E-state index is 12.5. The number of carbonyl (C=O) groups excluding carboxylic acids is 1. The van der Waals surface area contributed by atoms with Crippen LogP contribution in [0.3, 0.4) is 0 Å². The van der Waals surface area contributed by atoms with Crippen LogP contribution in [-0.2, 0) is 4.79 Å². The zero-order chi connectivity index (χ0) is 17.1. The summed E-state index contributed by atoms with van der Waals surface area (Å²) in [6.07, 6.45) is 2.61. The molecule has 0 aliphatic heterocycles. The highest BCUT2D eigenvalue weighted by Crippen LogP contribution is 2.21. The number of aromatic amines is 1. The molecule has 0 saturated carbocycles. The summed E-state index contributed by atoms with van der Waals surface area (Å²) in [6, 6.07) is 6.93. The Morgan fingerprint density at radius 3 is 2.62 bits per heavy atom. The van der Waals surface area contributed by atoms with E-state index in [4.69, 9.17) is 5.11 Å². The summed E-state index contributed by atoms with van der Waals surface area (Å²) in [5.41, 5.74) is 1.26.